The van der Waals surface area contributed by atoms with Gasteiger partial charge in [-0.05, 0) is 220 Å². The number of hydrogen-bond donors (Lipinski definition) is 3. The molecule has 0 aromatic heterocycles. The van der Waals surface area contributed by atoms with E-state index in [9.17, 15) is 0 Å². The van der Waals surface area contributed by atoms with Crippen LogP contribution in [0.2, 0.25) is 0 Å². The Labute approximate surface area is 356 Å². The summed E-state index contributed by atoms with van der Waals surface area (Å²) in [7, 11) is 0. The van der Waals surface area contributed by atoms with Crippen molar-refractivity contribution in [3.05, 3.63) is 193 Å². The van der Waals surface area contributed by atoms with Crippen LogP contribution in [0.3, 0.4) is 0 Å². The summed E-state index contributed by atoms with van der Waals surface area (Å²) in [6, 6.07) is 39.0. The molecule has 0 saturated carbocycles. The molecule has 6 aromatic carbocycles. The summed E-state index contributed by atoms with van der Waals surface area (Å²) in [5.74, 6) is 0. The number of hydrogen-bond acceptors (Lipinski definition) is 4. The lowest BCUT2D eigenvalue weighted by Crippen LogP contribution is -2.48. The van der Waals surface area contributed by atoms with E-state index in [1.807, 2.05) is 0 Å². The van der Waals surface area contributed by atoms with Crippen LogP contribution in [0.1, 0.15) is 82.8 Å². The molecular weight excluding hydrogens is 729 g/mol. The third kappa shape index (κ3) is 6.72. The maximum atomic E-state index is 6.52. The summed E-state index contributed by atoms with van der Waals surface area (Å²) < 4.78 is 0. The fraction of sp³-hybridized carbons (Fsp3) is 0.250. The molecule has 1 unspecified atom stereocenters. The first kappa shape index (κ1) is 39.2. The van der Waals surface area contributed by atoms with Crippen LogP contribution in [0.5, 0.6) is 0 Å². The lowest BCUT2D eigenvalue weighted by atomic mass is 9.67. The van der Waals surface area contributed by atoms with E-state index in [2.05, 4.69) is 207 Å². The molecule has 0 bridgehead atoms. The molecule has 0 aliphatic heterocycles. The van der Waals surface area contributed by atoms with E-state index in [0.29, 0.717) is 0 Å². The Balaban J connectivity index is 1.44. The number of nitrogens with two attached hydrogens (primary N) is 1. The molecular formula is C56H58N4. The Hall–Kier alpha value is -6.26. The maximum absolute atomic E-state index is 6.52. The van der Waals surface area contributed by atoms with Gasteiger partial charge in [-0.15, -0.1) is 0 Å². The molecule has 1 atom stereocenters. The number of fused-ring (bicyclic) bond motifs is 5. The van der Waals surface area contributed by atoms with E-state index >= 15 is 0 Å². The fourth-order valence-corrected chi connectivity index (χ4v) is 10.6. The van der Waals surface area contributed by atoms with Gasteiger partial charge in [0.2, 0.25) is 0 Å². The van der Waals surface area contributed by atoms with Gasteiger partial charge in [0.25, 0.3) is 0 Å². The maximum Gasteiger partial charge on any atom is 0.0507 e. The minimum Gasteiger partial charge on any atom is -0.399 e. The smallest absolute Gasteiger partial charge is 0.0507 e. The van der Waals surface area contributed by atoms with E-state index in [1.54, 1.807) is 0 Å². The van der Waals surface area contributed by atoms with Crippen molar-refractivity contribution in [1.82, 2.24) is 0 Å². The second kappa shape index (κ2) is 14.2. The molecule has 3 aliphatic carbocycles. The summed E-state index contributed by atoms with van der Waals surface area (Å²) in [6.07, 6.45) is 5.63. The van der Waals surface area contributed by atoms with Gasteiger partial charge >= 0.3 is 0 Å². The Morgan fingerprint density at radius 3 is 1.53 bits per heavy atom. The minimum absolute atomic E-state index is 0.251. The van der Waals surface area contributed by atoms with E-state index in [0.717, 1.165) is 34.9 Å². The van der Waals surface area contributed by atoms with E-state index in [1.165, 1.54) is 99.8 Å². The highest BCUT2D eigenvalue weighted by atomic mass is 15.2. The molecule has 0 spiro atoms. The summed E-state index contributed by atoms with van der Waals surface area (Å²) in [5.41, 5.74) is 31.0. The third-order valence-corrected chi connectivity index (χ3v) is 12.9. The highest BCUT2D eigenvalue weighted by molar-refractivity contribution is 5.94. The van der Waals surface area contributed by atoms with Crippen LogP contribution >= 0.6 is 0 Å². The summed E-state index contributed by atoms with van der Waals surface area (Å²) in [4.78, 5) is 2.59. The molecule has 0 amide bonds. The molecule has 60 heavy (non-hydrogen) atoms. The summed E-state index contributed by atoms with van der Waals surface area (Å²) in [6.45, 7) is 24.8. The van der Waals surface area contributed by atoms with Crippen molar-refractivity contribution < 1.29 is 0 Å². The molecule has 0 heterocycles. The van der Waals surface area contributed by atoms with Crippen LogP contribution in [-0.4, -0.2) is 0 Å². The topological polar surface area (TPSA) is 53.3 Å². The first-order valence-corrected chi connectivity index (χ1v) is 21.4. The molecule has 302 valence electrons. The van der Waals surface area contributed by atoms with Crippen molar-refractivity contribution in [1.29, 1.82) is 0 Å². The third-order valence-electron chi connectivity index (χ3n) is 12.9. The number of rotatable bonds is 7. The Bertz CT molecular complexity index is 2860. The lowest BCUT2D eigenvalue weighted by molar-refractivity contribution is 0.532. The van der Waals surface area contributed by atoms with Crippen LogP contribution < -0.4 is 31.7 Å². The zero-order valence-corrected chi connectivity index (χ0v) is 37.2. The quantitative estimate of drug-likeness (QED) is 0.141. The molecule has 9 rings (SSSR count). The van der Waals surface area contributed by atoms with Crippen LogP contribution in [0.25, 0.3) is 22.5 Å². The molecule has 4 nitrogen and oxygen atoms in total. The Morgan fingerprint density at radius 2 is 1.00 bits per heavy atom. The predicted octanol–water partition coefficient (Wildman–Crippen LogP) is 12.6. The summed E-state index contributed by atoms with van der Waals surface area (Å²) in [5, 5.41) is 10.4. The largest absolute Gasteiger partial charge is 0.399 e. The number of benzene rings is 6. The van der Waals surface area contributed by atoms with Crippen LogP contribution in [-0.2, 0) is 5.41 Å². The monoisotopic (exact) mass is 786 g/mol. The van der Waals surface area contributed by atoms with Gasteiger partial charge in [0.1, 0.15) is 0 Å². The van der Waals surface area contributed by atoms with Crippen molar-refractivity contribution in [3.63, 3.8) is 0 Å². The highest BCUT2D eigenvalue weighted by Crippen LogP contribution is 2.54. The second-order valence-corrected chi connectivity index (χ2v) is 18.9. The number of allylic oxidation sites excluding steroid dienone is 2. The van der Waals surface area contributed by atoms with E-state index < -0.39 is 5.41 Å². The van der Waals surface area contributed by atoms with Gasteiger partial charge in [-0.2, -0.15) is 0 Å². The van der Waals surface area contributed by atoms with Crippen LogP contribution in [0, 0.1) is 60.8 Å². The van der Waals surface area contributed by atoms with Gasteiger partial charge in [-0.1, -0.05) is 50.3 Å². The molecule has 0 saturated heterocycles. The minimum atomic E-state index is -0.453. The first-order chi connectivity index (χ1) is 28.5. The molecule has 6 aromatic rings. The van der Waals surface area contributed by atoms with E-state index in [4.69, 9.17) is 5.73 Å². The van der Waals surface area contributed by atoms with Crippen molar-refractivity contribution in [3.8, 4) is 11.1 Å². The summed E-state index contributed by atoms with van der Waals surface area (Å²) >= 11 is 0. The predicted molar refractivity (Wildman–Crippen MR) is 256 cm³/mol. The fourth-order valence-electron chi connectivity index (χ4n) is 10.6. The number of nitrogens with one attached hydrogen (secondary N) is 2. The average Bonchev–Trinajstić information content (AvgIpc) is 3.35. The van der Waals surface area contributed by atoms with Gasteiger partial charge in [0.05, 0.1) is 5.70 Å². The van der Waals surface area contributed by atoms with Gasteiger partial charge in [0, 0.05) is 61.1 Å². The number of nitrogens with zero attached hydrogens (tertiary/aromatic N) is 1. The Kier molecular flexibility index (Phi) is 9.28. The van der Waals surface area contributed by atoms with Crippen LogP contribution in [0.15, 0.2) is 127 Å². The van der Waals surface area contributed by atoms with Gasteiger partial charge in [0.15, 0.2) is 0 Å². The van der Waals surface area contributed by atoms with Gasteiger partial charge in [-0.3, -0.25) is 0 Å². The number of anilines is 5. The van der Waals surface area contributed by atoms with Crippen LogP contribution in [0.4, 0.5) is 28.4 Å². The van der Waals surface area contributed by atoms with Gasteiger partial charge in [-0.25, -0.2) is 0 Å². The van der Waals surface area contributed by atoms with Crippen molar-refractivity contribution in [2.24, 2.45) is 5.41 Å². The zero-order valence-electron chi connectivity index (χ0n) is 37.2. The zero-order chi connectivity index (χ0) is 42.4. The van der Waals surface area contributed by atoms with Gasteiger partial charge < -0.3 is 21.3 Å². The molecule has 0 fully saturated rings. The lowest BCUT2D eigenvalue weighted by Gasteiger charge is -2.46. The average molecular weight is 787 g/mol. The Morgan fingerprint density at radius 1 is 0.517 bits per heavy atom. The van der Waals surface area contributed by atoms with Crippen molar-refractivity contribution in [2.45, 2.75) is 88.0 Å². The number of aryl methyl sites for hydroxylation is 8. The second-order valence-electron chi connectivity index (χ2n) is 18.9. The molecule has 0 radical (unpaired) electrons. The first-order valence-electron chi connectivity index (χ1n) is 21.4. The molecule has 4 N–H and O–H groups in total. The molecule has 4 heteroatoms. The van der Waals surface area contributed by atoms with Crippen molar-refractivity contribution >= 4 is 39.8 Å². The van der Waals surface area contributed by atoms with Crippen molar-refractivity contribution in [2.75, 3.05) is 21.3 Å². The van der Waals surface area contributed by atoms with E-state index in [-0.39, 0.29) is 5.41 Å². The highest BCUT2D eigenvalue weighted by Gasteiger charge is 2.45. The normalized spacial score (nSPS) is 17.2. The standard InChI is InChI=1S/C56H58N4/c1-32-16-33(2)21-42(20-32)58-41-14-15-56(11)52(29-41)53(59-43-22-34(3)17-35(4)23-43)48-30-47-46-13-12-40(57)28-50(46)55(9,10)51(47)31-49(48)54(56)60(44-24-36(5)18-37(6)25-44)45-26-38(7)19-39(8)27-45/h12-14,16-31,58-59H,15,57H2,1-11H3. The number of nitrogen functional groups attached to an aromatic ring is 1. The molecule has 3 aliphatic rings. The SMILES string of the molecule is Cc1cc(C)cc(NC2=CCC3(C)C(=C2)C(Nc2cc(C)cc(C)c2)=c2cc4c(cc2=C3N(c2cc(C)cc(C)c2)c2cc(C)cc(C)c2)C(C)(C)c2cc(N)ccc2-4)c1.